The number of H-pyrrole nitrogens is 1. The topological polar surface area (TPSA) is 150 Å². The minimum atomic E-state index is -0.789. The van der Waals surface area contributed by atoms with Crippen LogP contribution in [-0.4, -0.2) is 108 Å². The fraction of sp³-hybridized carbons (Fsp3) is 0.559. The van der Waals surface area contributed by atoms with Crippen LogP contribution < -0.4 is 20.1 Å². The summed E-state index contributed by atoms with van der Waals surface area (Å²) in [6, 6.07) is 4.71. The van der Waals surface area contributed by atoms with Crippen LogP contribution in [0.15, 0.2) is 18.2 Å². The molecular formula is C34H47N5O7S. The van der Waals surface area contributed by atoms with Crippen LogP contribution in [0, 0.1) is 13.8 Å². The third-order valence-electron chi connectivity index (χ3n) is 8.69. The minimum Gasteiger partial charge on any atom is -0.493 e. The molecule has 1 saturated heterocycles. The second-order valence-electron chi connectivity index (χ2n) is 12.1. The van der Waals surface area contributed by atoms with Gasteiger partial charge < -0.3 is 34.9 Å². The first-order valence-corrected chi connectivity index (χ1v) is 17.6. The molecule has 1 aromatic heterocycles. The number of nitrogens with one attached hydrogen (secondary N) is 3. The molecule has 3 N–H and O–H groups in total. The smallest absolute Gasteiger partial charge is 0.256 e. The van der Waals surface area contributed by atoms with E-state index in [0.717, 1.165) is 5.56 Å². The van der Waals surface area contributed by atoms with Gasteiger partial charge in [-0.3, -0.25) is 24.0 Å². The van der Waals surface area contributed by atoms with Gasteiger partial charge in [-0.25, -0.2) is 0 Å². The van der Waals surface area contributed by atoms with Crippen molar-refractivity contribution in [1.29, 1.82) is 0 Å². The average molecular weight is 670 g/mol. The number of thioether (sulfide) groups is 1. The molecule has 4 bridgehead atoms. The second kappa shape index (κ2) is 16.7. The molecule has 0 radical (unpaired) electrons. The molecule has 256 valence electrons. The Kier molecular flexibility index (Phi) is 12.7. The summed E-state index contributed by atoms with van der Waals surface area (Å²) in [7, 11) is 1.54. The Balaban J connectivity index is 1.59. The number of nitrogens with zero attached hydrogens (tertiary/aromatic N) is 2. The predicted molar refractivity (Wildman–Crippen MR) is 180 cm³/mol. The third kappa shape index (κ3) is 9.09. The summed E-state index contributed by atoms with van der Waals surface area (Å²) in [5, 5.41) is 5.95. The summed E-state index contributed by atoms with van der Waals surface area (Å²) in [5.41, 5.74) is 2.78. The first kappa shape index (κ1) is 35.8. The van der Waals surface area contributed by atoms with E-state index in [1.165, 1.54) is 23.6 Å². The molecule has 13 heteroatoms. The lowest BCUT2D eigenvalue weighted by Crippen LogP contribution is -2.46. The van der Waals surface area contributed by atoms with Crippen LogP contribution in [0.4, 0.5) is 0 Å². The number of aromatic amines is 1. The molecule has 2 atom stereocenters. The monoisotopic (exact) mass is 669 g/mol. The standard InChI is InChI=1S/C34H47N5O7S/c1-21-31(22(2)37-32(21)23(3)40)34(44)39-19-25-18-26(39)33(43)36-13-6-7-15-38(30(42)20-47-5)16-8-14-35-29(41)12-10-24-9-11-27(46-25)28(17-24)45-4/h9,11,17,25-26,37H,6-8,10,12-16,18-20H2,1-5H3,(H,35,41)(H,36,43)/t25-,26-/m0/s1. The van der Waals surface area contributed by atoms with Crippen molar-refractivity contribution >= 4 is 41.2 Å². The lowest BCUT2D eigenvalue weighted by molar-refractivity contribution is -0.128. The Bertz CT molecular complexity index is 1470. The summed E-state index contributed by atoms with van der Waals surface area (Å²) in [6.07, 6.45) is 4.45. The molecule has 1 aromatic carbocycles. The van der Waals surface area contributed by atoms with Gasteiger partial charge in [0.1, 0.15) is 12.1 Å². The first-order chi connectivity index (χ1) is 22.5. The van der Waals surface area contributed by atoms with Crippen molar-refractivity contribution in [3.63, 3.8) is 0 Å². The van der Waals surface area contributed by atoms with Crippen molar-refractivity contribution in [3.05, 3.63) is 46.3 Å². The molecule has 4 heterocycles. The maximum atomic E-state index is 14.0. The normalized spacial score (nSPS) is 20.0. The number of benzene rings is 1. The molecule has 5 rings (SSSR count). The van der Waals surface area contributed by atoms with Crippen molar-refractivity contribution in [3.8, 4) is 11.5 Å². The Labute approximate surface area is 280 Å². The number of Topliss-reactive ketones (excluding diaryl/α,β-unsaturated/α-hetero) is 1. The van der Waals surface area contributed by atoms with Crippen molar-refractivity contribution in [2.75, 3.05) is 51.8 Å². The van der Waals surface area contributed by atoms with E-state index in [0.29, 0.717) is 98.0 Å². The van der Waals surface area contributed by atoms with Gasteiger partial charge in [0.2, 0.25) is 17.7 Å². The summed E-state index contributed by atoms with van der Waals surface area (Å²) < 4.78 is 12.0. The molecule has 0 aliphatic carbocycles. The lowest BCUT2D eigenvalue weighted by Gasteiger charge is -2.24. The number of hydrogen-bond acceptors (Lipinski definition) is 8. The van der Waals surface area contributed by atoms with Crippen LogP contribution in [0.1, 0.15) is 76.7 Å². The molecule has 1 fully saturated rings. The Hall–Kier alpha value is -4.00. The van der Waals surface area contributed by atoms with Crippen LogP contribution in [0.5, 0.6) is 11.5 Å². The quantitative estimate of drug-likeness (QED) is 0.412. The van der Waals surface area contributed by atoms with Crippen LogP contribution >= 0.6 is 11.8 Å². The van der Waals surface area contributed by atoms with Crippen LogP contribution in [-0.2, 0) is 20.8 Å². The zero-order valence-electron chi connectivity index (χ0n) is 28.0. The van der Waals surface area contributed by atoms with Crippen LogP contribution in [0.2, 0.25) is 0 Å². The van der Waals surface area contributed by atoms with Crippen molar-refractivity contribution in [2.24, 2.45) is 0 Å². The summed E-state index contributed by atoms with van der Waals surface area (Å²) >= 11 is 1.47. The summed E-state index contributed by atoms with van der Waals surface area (Å²) in [4.78, 5) is 71.5. The fourth-order valence-electron chi connectivity index (χ4n) is 6.24. The Morgan fingerprint density at radius 3 is 2.49 bits per heavy atom. The molecule has 3 aliphatic heterocycles. The molecule has 4 amide bonds. The molecule has 0 saturated carbocycles. The number of aromatic nitrogens is 1. The number of carbonyl (C=O) groups is 5. The summed E-state index contributed by atoms with van der Waals surface area (Å²) in [6.45, 7) is 7.03. The number of ketones is 1. The van der Waals surface area contributed by atoms with E-state index >= 15 is 0 Å². The maximum absolute atomic E-state index is 14.0. The van der Waals surface area contributed by atoms with Gasteiger partial charge in [-0.1, -0.05) is 6.07 Å². The number of amides is 4. The molecule has 47 heavy (non-hydrogen) atoms. The van der Waals surface area contributed by atoms with Crippen molar-refractivity contribution in [1.82, 2.24) is 25.4 Å². The van der Waals surface area contributed by atoms with E-state index < -0.39 is 12.1 Å². The van der Waals surface area contributed by atoms with Crippen LogP contribution in [0.25, 0.3) is 0 Å². The van der Waals surface area contributed by atoms with Gasteiger partial charge in [0.05, 0.1) is 30.7 Å². The van der Waals surface area contributed by atoms with Gasteiger partial charge in [0.25, 0.3) is 5.91 Å². The molecule has 2 aromatic rings. The van der Waals surface area contributed by atoms with Crippen molar-refractivity contribution in [2.45, 2.75) is 71.4 Å². The molecule has 0 spiro atoms. The van der Waals surface area contributed by atoms with Gasteiger partial charge in [-0.2, -0.15) is 11.8 Å². The van der Waals surface area contributed by atoms with Gasteiger partial charge in [-0.15, -0.1) is 0 Å². The number of ether oxygens (including phenoxy) is 2. The van der Waals surface area contributed by atoms with E-state index in [4.69, 9.17) is 9.47 Å². The third-order valence-corrected chi connectivity index (χ3v) is 9.23. The maximum Gasteiger partial charge on any atom is 0.256 e. The Morgan fingerprint density at radius 2 is 1.79 bits per heavy atom. The van der Waals surface area contributed by atoms with E-state index in [9.17, 15) is 24.0 Å². The minimum absolute atomic E-state index is 0.0501. The highest BCUT2D eigenvalue weighted by Crippen LogP contribution is 2.33. The van der Waals surface area contributed by atoms with Gasteiger partial charge in [-0.05, 0) is 69.0 Å². The van der Waals surface area contributed by atoms with Crippen molar-refractivity contribution < 1.29 is 33.4 Å². The highest BCUT2D eigenvalue weighted by atomic mass is 32.2. The zero-order valence-corrected chi connectivity index (χ0v) is 28.8. The molecule has 0 unspecified atom stereocenters. The molecule has 12 nitrogen and oxygen atoms in total. The number of fused-ring (bicyclic) bond motifs is 15. The molecule has 3 aliphatic rings. The summed E-state index contributed by atoms with van der Waals surface area (Å²) in [5.74, 6) is 0.552. The number of carbonyl (C=O) groups excluding carboxylic acids is 5. The number of aryl methyl sites for hydroxylation is 2. The van der Waals surface area contributed by atoms with E-state index in [1.54, 1.807) is 27.0 Å². The van der Waals surface area contributed by atoms with Gasteiger partial charge in [0.15, 0.2) is 17.3 Å². The second-order valence-corrected chi connectivity index (χ2v) is 13.0. The largest absolute Gasteiger partial charge is 0.493 e. The highest BCUT2D eigenvalue weighted by molar-refractivity contribution is 7.99. The number of rotatable bonds is 5. The Morgan fingerprint density at radius 1 is 1.04 bits per heavy atom. The van der Waals surface area contributed by atoms with E-state index in [1.807, 2.05) is 23.3 Å². The number of hydrogen-bond donors (Lipinski definition) is 3. The van der Waals surface area contributed by atoms with Gasteiger partial charge >= 0.3 is 0 Å². The van der Waals surface area contributed by atoms with Crippen LogP contribution in [0.3, 0.4) is 0 Å². The fourth-order valence-corrected chi connectivity index (χ4v) is 6.67. The van der Waals surface area contributed by atoms with Gasteiger partial charge in [0, 0.05) is 51.6 Å². The van der Waals surface area contributed by atoms with E-state index in [-0.39, 0.29) is 42.4 Å². The lowest BCUT2D eigenvalue weighted by atomic mass is 10.1. The number of methoxy groups -OCH3 is 1. The predicted octanol–water partition coefficient (Wildman–Crippen LogP) is 3.05. The SMILES string of the molecule is COc1cc2ccc1O[C@H]1C[C@@H](C(=O)NCCCCN(C(=O)CSC)CCCNC(=O)CC2)N(C(=O)c2c(C)[nH]c(C(C)=O)c2C)C1. The van der Waals surface area contributed by atoms with E-state index in [2.05, 4.69) is 15.6 Å². The number of likely N-dealkylation sites (tertiary alicyclic amines) is 1. The zero-order chi connectivity index (χ0) is 34.1. The first-order valence-electron chi connectivity index (χ1n) is 16.2. The molecular weight excluding hydrogens is 622 g/mol. The average Bonchev–Trinajstić information content (AvgIpc) is 3.60. The highest BCUT2D eigenvalue weighted by Gasteiger charge is 2.42.